The molecule has 6 heteroatoms. The quantitative estimate of drug-likeness (QED) is 0.726. The Kier molecular flexibility index (Phi) is 3.59. The van der Waals surface area contributed by atoms with Crippen LogP contribution >= 0.6 is 0 Å². The van der Waals surface area contributed by atoms with E-state index in [1.54, 1.807) is 13.0 Å². The molecule has 0 aliphatic carbocycles. The molecule has 1 unspecified atom stereocenters. The lowest BCUT2D eigenvalue weighted by atomic mass is 10.0. The van der Waals surface area contributed by atoms with Crippen LogP contribution in [0.5, 0.6) is 0 Å². The first-order valence-electron chi connectivity index (χ1n) is 8.31. The molecule has 1 amide bonds. The van der Waals surface area contributed by atoms with Crippen LogP contribution in [0, 0.1) is 6.92 Å². The van der Waals surface area contributed by atoms with E-state index in [9.17, 15) is 4.79 Å². The van der Waals surface area contributed by atoms with Gasteiger partial charge in [0.25, 0.3) is 5.91 Å². The van der Waals surface area contributed by atoms with E-state index in [0.717, 1.165) is 42.7 Å². The van der Waals surface area contributed by atoms with Gasteiger partial charge in [-0.05, 0) is 38.3 Å². The molecule has 0 bridgehead atoms. The van der Waals surface area contributed by atoms with E-state index in [1.165, 1.54) is 0 Å². The maximum atomic E-state index is 12.9. The van der Waals surface area contributed by atoms with Gasteiger partial charge in [0.15, 0.2) is 5.69 Å². The van der Waals surface area contributed by atoms with Gasteiger partial charge in [-0.25, -0.2) is 4.98 Å². The standard InChI is InChI=1S/C18H20N4O2/c1-12-11-14(20-24-12)18(23)22-10-6-5-9-16(22)17-19-13-7-3-4-8-15(13)21(17)2/h3-4,7-8,11,16H,5-6,9-10H2,1-2H3. The minimum Gasteiger partial charge on any atom is -0.361 e. The maximum Gasteiger partial charge on any atom is 0.276 e. The van der Waals surface area contributed by atoms with Crippen LogP contribution in [0.3, 0.4) is 0 Å². The van der Waals surface area contributed by atoms with Gasteiger partial charge in [-0.1, -0.05) is 17.3 Å². The third kappa shape index (κ3) is 2.38. The summed E-state index contributed by atoms with van der Waals surface area (Å²) in [6.45, 7) is 2.52. The summed E-state index contributed by atoms with van der Waals surface area (Å²) >= 11 is 0. The van der Waals surface area contributed by atoms with Crippen molar-refractivity contribution in [3.05, 3.63) is 47.6 Å². The second-order valence-corrected chi connectivity index (χ2v) is 6.35. The lowest BCUT2D eigenvalue weighted by Gasteiger charge is -2.34. The summed E-state index contributed by atoms with van der Waals surface area (Å²) in [4.78, 5) is 19.6. The Morgan fingerprint density at radius 3 is 2.88 bits per heavy atom. The summed E-state index contributed by atoms with van der Waals surface area (Å²) in [5.41, 5.74) is 2.42. The normalized spacial score (nSPS) is 18.2. The van der Waals surface area contributed by atoms with E-state index in [1.807, 2.05) is 30.1 Å². The SMILES string of the molecule is Cc1cc(C(=O)N2CCCCC2c2nc3ccccc3n2C)no1. The molecule has 0 radical (unpaired) electrons. The van der Waals surface area contributed by atoms with E-state index in [2.05, 4.69) is 15.8 Å². The summed E-state index contributed by atoms with van der Waals surface area (Å²) in [6.07, 6.45) is 3.01. The van der Waals surface area contributed by atoms with Crippen molar-refractivity contribution in [3.63, 3.8) is 0 Å². The largest absolute Gasteiger partial charge is 0.361 e. The number of benzene rings is 1. The number of imidazole rings is 1. The Bertz CT molecular complexity index is 895. The zero-order chi connectivity index (χ0) is 16.7. The van der Waals surface area contributed by atoms with Crippen LogP contribution in [-0.2, 0) is 7.05 Å². The van der Waals surface area contributed by atoms with Crippen molar-refractivity contribution >= 4 is 16.9 Å². The molecule has 4 rings (SSSR count). The molecular weight excluding hydrogens is 304 g/mol. The number of aromatic nitrogens is 3. The third-order valence-electron chi connectivity index (χ3n) is 4.73. The molecule has 0 saturated carbocycles. The van der Waals surface area contributed by atoms with Crippen molar-refractivity contribution in [1.29, 1.82) is 0 Å². The number of amides is 1. The van der Waals surface area contributed by atoms with Crippen molar-refractivity contribution in [2.75, 3.05) is 6.54 Å². The highest BCUT2D eigenvalue weighted by atomic mass is 16.5. The molecule has 1 aliphatic heterocycles. The Labute approximate surface area is 140 Å². The average Bonchev–Trinajstić information content (AvgIpc) is 3.18. The second kappa shape index (κ2) is 5.78. The molecule has 124 valence electrons. The molecular formula is C18H20N4O2. The Morgan fingerprint density at radius 1 is 1.29 bits per heavy atom. The van der Waals surface area contributed by atoms with Crippen molar-refractivity contribution in [2.24, 2.45) is 7.05 Å². The first-order valence-corrected chi connectivity index (χ1v) is 8.31. The van der Waals surface area contributed by atoms with Crippen LogP contribution in [-0.4, -0.2) is 32.1 Å². The molecule has 1 aromatic carbocycles. The minimum absolute atomic E-state index is 0.0272. The number of likely N-dealkylation sites (tertiary alicyclic amines) is 1. The highest BCUT2D eigenvalue weighted by Crippen LogP contribution is 2.33. The molecule has 24 heavy (non-hydrogen) atoms. The number of para-hydroxylation sites is 2. The van der Waals surface area contributed by atoms with Gasteiger partial charge in [0.2, 0.25) is 0 Å². The summed E-state index contributed by atoms with van der Waals surface area (Å²) in [5, 5.41) is 3.89. The summed E-state index contributed by atoms with van der Waals surface area (Å²) < 4.78 is 7.17. The molecule has 2 aromatic heterocycles. The van der Waals surface area contributed by atoms with Crippen LogP contribution in [0.25, 0.3) is 11.0 Å². The summed E-state index contributed by atoms with van der Waals surface area (Å²) in [6, 6.07) is 9.73. The summed E-state index contributed by atoms with van der Waals surface area (Å²) in [7, 11) is 2.02. The molecule has 3 aromatic rings. The molecule has 1 aliphatic rings. The Balaban J connectivity index is 1.73. The van der Waals surface area contributed by atoms with Gasteiger partial charge >= 0.3 is 0 Å². The van der Waals surface area contributed by atoms with Gasteiger partial charge < -0.3 is 14.0 Å². The molecule has 1 saturated heterocycles. The highest BCUT2D eigenvalue weighted by molar-refractivity contribution is 5.92. The number of aryl methyl sites for hydroxylation is 2. The number of carbonyl (C=O) groups excluding carboxylic acids is 1. The minimum atomic E-state index is -0.0800. The molecule has 0 N–H and O–H groups in total. The van der Waals surface area contributed by atoms with Crippen molar-refractivity contribution in [1.82, 2.24) is 19.6 Å². The van der Waals surface area contributed by atoms with Gasteiger partial charge in [0.05, 0.1) is 17.1 Å². The second-order valence-electron chi connectivity index (χ2n) is 6.35. The van der Waals surface area contributed by atoms with Crippen LogP contribution in [0.2, 0.25) is 0 Å². The molecule has 0 spiro atoms. The lowest BCUT2D eigenvalue weighted by Crippen LogP contribution is -2.39. The van der Waals surface area contributed by atoms with E-state index in [0.29, 0.717) is 11.5 Å². The zero-order valence-electron chi connectivity index (χ0n) is 13.9. The summed E-state index contributed by atoms with van der Waals surface area (Å²) in [5.74, 6) is 1.50. The van der Waals surface area contributed by atoms with E-state index in [4.69, 9.17) is 9.51 Å². The fourth-order valence-corrected chi connectivity index (χ4v) is 3.52. The molecule has 1 fully saturated rings. The molecule has 3 heterocycles. The average molecular weight is 324 g/mol. The first kappa shape index (κ1) is 14.9. The predicted octanol–water partition coefficient (Wildman–Crippen LogP) is 3.24. The van der Waals surface area contributed by atoms with Gasteiger partial charge in [-0.2, -0.15) is 0 Å². The number of carbonyl (C=O) groups is 1. The van der Waals surface area contributed by atoms with Gasteiger partial charge in [-0.3, -0.25) is 4.79 Å². The predicted molar refractivity (Wildman–Crippen MR) is 89.6 cm³/mol. The maximum absolute atomic E-state index is 12.9. The highest BCUT2D eigenvalue weighted by Gasteiger charge is 2.33. The smallest absolute Gasteiger partial charge is 0.276 e. The topological polar surface area (TPSA) is 64.2 Å². The number of nitrogens with zero attached hydrogens (tertiary/aromatic N) is 4. The van der Waals surface area contributed by atoms with Crippen molar-refractivity contribution in [2.45, 2.75) is 32.2 Å². The van der Waals surface area contributed by atoms with Crippen molar-refractivity contribution in [3.8, 4) is 0 Å². The Morgan fingerprint density at radius 2 is 2.12 bits per heavy atom. The fraction of sp³-hybridized carbons (Fsp3) is 0.389. The fourth-order valence-electron chi connectivity index (χ4n) is 3.52. The van der Waals surface area contributed by atoms with Gasteiger partial charge in [0, 0.05) is 19.7 Å². The van der Waals surface area contributed by atoms with Crippen molar-refractivity contribution < 1.29 is 9.32 Å². The number of hydrogen-bond donors (Lipinski definition) is 0. The monoisotopic (exact) mass is 324 g/mol. The van der Waals surface area contributed by atoms with E-state index >= 15 is 0 Å². The third-order valence-corrected chi connectivity index (χ3v) is 4.73. The van der Waals surface area contributed by atoms with Crippen LogP contribution < -0.4 is 0 Å². The molecule has 1 atom stereocenters. The zero-order valence-corrected chi connectivity index (χ0v) is 13.9. The number of piperidine rings is 1. The number of hydrogen-bond acceptors (Lipinski definition) is 4. The number of fused-ring (bicyclic) bond motifs is 1. The van der Waals surface area contributed by atoms with Crippen LogP contribution in [0.4, 0.5) is 0 Å². The van der Waals surface area contributed by atoms with Gasteiger partial charge in [0.1, 0.15) is 11.6 Å². The molecule has 6 nitrogen and oxygen atoms in total. The first-order chi connectivity index (χ1) is 11.6. The van der Waals surface area contributed by atoms with Crippen LogP contribution in [0.15, 0.2) is 34.9 Å². The number of rotatable bonds is 2. The van der Waals surface area contributed by atoms with E-state index in [-0.39, 0.29) is 11.9 Å². The Hall–Kier alpha value is -2.63. The van der Waals surface area contributed by atoms with Gasteiger partial charge in [-0.15, -0.1) is 0 Å². The van der Waals surface area contributed by atoms with Crippen LogP contribution in [0.1, 0.15) is 47.4 Å². The van der Waals surface area contributed by atoms with E-state index < -0.39 is 0 Å². The lowest BCUT2D eigenvalue weighted by molar-refractivity contribution is 0.0586.